The zero-order valence-corrected chi connectivity index (χ0v) is 10.2. The van der Waals surface area contributed by atoms with E-state index in [-0.39, 0.29) is 10.8 Å². The summed E-state index contributed by atoms with van der Waals surface area (Å²) >= 11 is 0. The minimum Gasteiger partial charge on any atom is -0.0993 e. The van der Waals surface area contributed by atoms with Gasteiger partial charge in [0.2, 0.25) is 0 Å². The molecule has 0 nitrogen and oxygen atoms in total. The molecule has 0 aromatic rings. The highest BCUT2D eigenvalue weighted by atomic mass is 14.5. The minimum atomic E-state index is 0.181. The van der Waals surface area contributed by atoms with Crippen molar-refractivity contribution in [2.45, 2.75) is 59.3 Å². The van der Waals surface area contributed by atoms with Gasteiger partial charge in [0.1, 0.15) is 0 Å². The molecule has 0 radical (unpaired) electrons. The van der Waals surface area contributed by atoms with Crippen molar-refractivity contribution in [2.75, 3.05) is 0 Å². The highest BCUT2D eigenvalue weighted by Gasteiger charge is 2.47. The van der Waals surface area contributed by atoms with Gasteiger partial charge in [-0.25, -0.2) is 0 Å². The Morgan fingerprint density at radius 3 is 2.67 bits per heavy atom. The topological polar surface area (TPSA) is 0 Å². The van der Waals surface area contributed by atoms with Gasteiger partial charge in [-0.1, -0.05) is 37.6 Å². The molecule has 2 aliphatic rings. The Labute approximate surface area is 95.9 Å². The summed E-state index contributed by atoms with van der Waals surface area (Å²) in [5, 5.41) is 0. The Morgan fingerprint density at radius 2 is 2.20 bits per heavy atom. The van der Waals surface area contributed by atoms with Gasteiger partial charge in [0.15, 0.2) is 0 Å². The average molecular weight is 206 g/mol. The Hall–Kier alpha value is -0.520. The fraction of sp³-hybridized carbons (Fsp3) is 0.733. The largest absolute Gasteiger partial charge is 0.0993 e. The highest BCUT2D eigenvalue weighted by Crippen LogP contribution is 2.58. The lowest BCUT2D eigenvalue weighted by atomic mass is 9.57. The van der Waals surface area contributed by atoms with Crippen LogP contribution in [0.15, 0.2) is 23.8 Å². The van der Waals surface area contributed by atoms with Crippen LogP contribution in [0.4, 0.5) is 0 Å². The maximum atomic E-state index is 8.02. The molecule has 0 aromatic heterocycles. The van der Waals surface area contributed by atoms with Crippen molar-refractivity contribution in [3.63, 3.8) is 0 Å². The first-order valence-electron chi connectivity index (χ1n) is 6.88. The van der Waals surface area contributed by atoms with Gasteiger partial charge in [-0.2, -0.15) is 0 Å². The summed E-state index contributed by atoms with van der Waals surface area (Å²) in [4.78, 5) is 0. The zero-order valence-electron chi connectivity index (χ0n) is 11.2. The summed E-state index contributed by atoms with van der Waals surface area (Å²) in [7, 11) is 0. The van der Waals surface area contributed by atoms with Crippen molar-refractivity contribution in [2.24, 2.45) is 10.8 Å². The summed E-state index contributed by atoms with van der Waals surface area (Å²) in [6.45, 7) is 9.44. The van der Waals surface area contributed by atoms with Crippen molar-refractivity contribution in [3.05, 3.63) is 23.8 Å². The molecule has 2 rings (SSSR count). The van der Waals surface area contributed by atoms with Crippen molar-refractivity contribution < 1.29 is 1.37 Å². The second-order valence-corrected chi connectivity index (χ2v) is 5.82. The third-order valence-corrected chi connectivity index (χ3v) is 4.95. The first-order chi connectivity index (χ1) is 7.54. The molecule has 2 unspecified atom stereocenters. The van der Waals surface area contributed by atoms with E-state index < -0.39 is 0 Å². The number of hydrogen-bond donors (Lipinski definition) is 0. The van der Waals surface area contributed by atoms with Crippen molar-refractivity contribution in [1.82, 2.24) is 0 Å². The molecule has 2 atom stereocenters. The molecule has 15 heavy (non-hydrogen) atoms. The van der Waals surface area contributed by atoms with E-state index in [1.165, 1.54) is 43.3 Å². The van der Waals surface area contributed by atoms with Crippen LogP contribution in [0.3, 0.4) is 0 Å². The molecule has 1 saturated carbocycles. The second kappa shape index (κ2) is 3.50. The Balaban J connectivity index is 2.31. The van der Waals surface area contributed by atoms with Crippen LogP contribution in [-0.2, 0) is 0 Å². The summed E-state index contributed by atoms with van der Waals surface area (Å²) in [5.41, 5.74) is 3.33. The van der Waals surface area contributed by atoms with Crippen LogP contribution in [-0.4, -0.2) is 0 Å². The molecule has 0 amide bonds. The Morgan fingerprint density at radius 1 is 1.40 bits per heavy atom. The van der Waals surface area contributed by atoms with Gasteiger partial charge in [0, 0.05) is 1.37 Å². The van der Waals surface area contributed by atoms with Gasteiger partial charge in [0.25, 0.3) is 0 Å². The molecule has 0 saturated heterocycles. The fourth-order valence-corrected chi connectivity index (χ4v) is 3.26. The minimum absolute atomic E-state index is 0.181. The smallest absolute Gasteiger partial charge is 0.0236 e. The first-order valence-corrected chi connectivity index (χ1v) is 6.17. The number of allylic oxidation sites excluding steroid dienone is 3. The van der Waals surface area contributed by atoms with E-state index in [1.807, 2.05) is 0 Å². The Bertz CT molecular complexity index is 328. The monoisotopic (exact) mass is 206 g/mol. The van der Waals surface area contributed by atoms with Crippen LogP contribution >= 0.6 is 0 Å². The van der Waals surface area contributed by atoms with Crippen LogP contribution < -0.4 is 0 Å². The molecule has 0 spiro atoms. The SMILES string of the molecule is [3H]CC1(C2(C)CCCC2=C)CC=C(C)CC1. The second-order valence-electron chi connectivity index (χ2n) is 5.82. The number of rotatable bonds is 1. The Kier molecular flexibility index (Phi) is 2.26. The summed E-state index contributed by atoms with van der Waals surface area (Å²) in [5.74, 6) is 0. The molecule has 84 valence electrons. The van der Waals surface area contributed by atoms with Crippen molar-refractivity contribution >= 4 is 0 Å². The van der Waals surface area contributed by atoms with Gasteiger partial charge >= 0.3 is 0 Å². The molecule has 0 bridgehead atoms. The van der Waals surface area contributed by atoms with E-state index in [2.05, 4.69) is 26.5 Å². The molecule has 1 fully saturated rings. The lowest BCUT2D eigenvalue weighted by Gasteiger charge is -2.47. The summed E-state index contributed by atoms with van der Waals surface area (Å²) in [6.07, 6.45) is 9.54. The standard InChI is InChI=1S/C15H24/c1-12-7-10-14(3,11-8-12)15(4)9-5-6-13(15)2/h7H,2,5-6,8-11H2,1,3-4H3/i3T. The van der Waals surface area contributed by atoms with Crippen LogP contribution in [0, 0.1) is 10.8 Å². The summed E-state index contributed by atoms with van der Waals surface area (Å²) in [6, 6.07) is 0. The quantitative estimate of drug-likeness (QED) is 0.537. The molecular formula is C15H24. The maximum Gasteiger partial charge on any atom is 0.0236 e. The van der Waals surface area contributed by atoms with Gasteiger partial charge in [-0.15, -0.1) is 0 Å². The van der Waals surface area contributed by atoms with E-state index >= 15 is 0 Å². The van der Waals surface area contributed by atoms with Gasteiger partial charge in [-0.3, -0.25) is 0 Å². The van der Waals surface area contributed by atoms with Crippen molar-refractivity contribution in [1.29, 1.82) is 0 Å². The molecule has 0 heterocycles. The van der Waals surface area contributed by atoms with E-state index in [9.17, 15) is 0 Å². The third kappa shape index (κ3) is 1.58. The van der Waals surface area contributed by atoms with Gasteiger partial charge < -0.3 is 0 Å². The third-order valence-electron chi connectivity index (χ3n) is 4.95. The zero-order chi connectivity index (χ0) is 11.8. The first kappa shape index (κ1) is 9.69. The van der Waals surface area contributed by atoms with Gasteiger partial charge in [-0.05, 0) is 56.3 Å². The predicted molar refractivity (Wildman–Crippen MR) is 66.8 cm³/mol. The molecular weight excluding hydrogens is 180 g/mol. The molecule has 0 heteroatoms. The van der Waals surface area contributed by atoms with E-state index in [0.29, 0.717) is 6.90 Å². The number of hydrogen-bond acceptors (Lipinski definition) is 0. The van der Waals surface area contributed by atoms with E-state index in [1.54, 1.807) is 0 Å². The van der Waals surface area contributed by atoms with Crippen LogP contribution in [0.5, 0.6) is 0 Å². The lowest BCUT2D eigenvalue weighted by molar-refractivity contribution is 0.0986. The molecule has 0 N–H and O–H groups in total. The van der Waals surface area contributed by atoms with E-state index in [4.69, 9.17) is 1.37 Å². The van der Waals surface area contributed by atoms with Gasteiger partial charge in [0.05, 0.1) is 0 Å². The molecule has 0 aliphatic heterocycles. The fourth-order valence-electron chi connectivity index (χ4n) is 3.26. The van der Waals surface area contributed by atoms with Crippen LogP contribution in [0.2, 0.25) is 0 Å². The molecule has 0 aromatic carbocycles. The normalized spacial score (nSPS) is 42.7. The maximum absolute atomic E-state index is 8.02. The molecule has 2 aliphatic carbocycles. The summed E-state index contributed by atoms with van der Waals surface area (Å²) < 4.78 is 8.02. The highest BCUT2D eigenvalue weighted by molar-refractivity contribution is 5.22. The van der Waals surface area contributed by atoms with E-state index in [0.717, 1.165) is 6.42 Å². The predicted octanol–water partition coefficient (Wildman–Crippen LogP) is 4.87. The average Bonchev–Trinajstić information content (AvgIpc) is 2.62. The van der Waals surface area contributed by atoms with Crippen LogP contribution in [0.25, 0.3) is 0 Å². The van der Waals surface area contributed by atoms with Crippen molar-refractivity contribution in [3.8, 4) is 0 Å². The van der Waals surface area contributed by atoms with Crippen LogP contribution in [0.1, 0.15) is 60.6 Å². The lowest BCUT2D eigenvalue weighted by Crippen LogP contribution is -2.37.